The molecule has 1 aliphatic rings. The zero-order valence-corrected chi connectivity index (χ0v) is 9.26. The molecule has 0 radical (unpaired) electrons. The number of nitrogens with two attached hydrogens (primary N) is 2. The van der Waals surface area contributed by atoms with E-state index in [1.165, 1.54) is 11.1 Å². The maximum absolute atomic E-state index is 13.1. The minimum atomic E-state index is -0.236. The summed E-state index contributed by atoms with van der Waals surface area (Å²) in [7, 11) is 1.68. The largest absolute Gasteiger partial charge is 0.397 e. The molecule has 3 nitrogen and oxygen atoms in total. The van der Waals surface area contributed by atoms with Crippen molar-refractivity contribution in [3.05, 3.63) is 48.1 Å². The van der Waals surface area contributed by atoms with Crippen LogP contribution in [0.5, 0.6) is 0 Å². The first-order valence-electron chi connectivity index (χ1n) is 4.53. The summed E-state index contributed by atoms with van der Waals surface area (Å²) < 4.78 is 13.1. The van der Waals surface area contributed by atoms with Gasteiger partial charge in [0.25, 0.3) is 0 Å². The zero-order chi connectivity index (χ0) is 12.0. The minimum absolute atomic E-state index is 0.236. The lowest BCUT2D eigenvalue weighted by Gasteiger charge is -2.16. The second kappa shape index (κ2) is 6.03. The fourth-order valence-electron chi connectivity index (χ4n) is 1.20. The first-order chi connectivity index (χ1) is 7.02. The summed E-state index contributed by atoms with van der Waals surface area (Å²) in [4.78, 5) is 0. The Kier molecular flexibility index (Phi) is 5.41. The van der Waals surface area contributed by atoms with E-state index in [1.807, 2.05) is 0 Å². The maximum Gasteiger partial charge on any atom is 0.122 e. The van der Waals surface area contributed by atoms with Crippen LogP contribution in [-0.4, -0.2) is 12.1 Å². The van der Waals surface area contributed by atoms with Gasteiger partial charge >= 0.3 is 0 Å². The molecule has 4 heteroatoms. The number of rotatable bonds is 1. The van der Waals surface area contributed by atoms with Gasteiger partial charge in [-0.1, -0.05) is 0 Å². The molecule has 0 saturated heterocycles. The highest BCUT2D eigenvalue weighted by molar-refractivity contribution is 5.37. The summed E-state index contributed by atoms with van der Waals surface area (Å²) in [6, 6.07) is 0. The van der Waals surface area contributed by atoms with E-state index in [1.54, 1.807) is 20.0 Å². The molecule has 0 bridgehead atoms. The van der Waals surface area contributed by atoms with Crippen molar-refractivity contribution in [2.45, 2.75) is 13.3 Å². The van der Waals surface area contributed by atoms with E-state index >= 15 is 0 Å². The van der Waals surface area contributed by atoms with Gasteiger partial charge < -0.3 is 10.7 Å². The van der Waals surface area contributed by atoms with Crippen LogP contribution in [0.25, 0.3) is 0 Å². The Morgan fingerprint density at radius 1 is 1.47 bits per heavy atom. The van der Waals surface area contributed by atoms with Crippen LogP contribution in [0.1, 0.15) is 13.3 Å². The van der Waals surface area contributed by atoms with Crippen molar-refractivity contribution in [3.63, 3.8) is 0 Å². The van der Waals surface area contributed by atoms with Crippen LogP contribution in [0.4, 0.5) is 4.39 Å². The Labute approximate surface area is 90.2 Å². The summed E-state index contributed by atoms with van der Waals surface area (Å²) >= 11 is 0. The summed E-state index contributed by atoms with van der Waals surface area (Å²) in [5.41, 5.74) is 7.50. The van der Waals surface area contributed by atoms with Crippen molar-refractivity contribution in [3.8, 4) is 0 Å². The quantitative estimate of drug-likeness (QED) is 0.396. The van der Waals surface area contributed by atoms with Crippen molar-refractivity contribution in [1.82, 2.24) is 5.01 Å². The van der Waals surface area contributed by atoms with Gasteiger partial charge in [-0.25, -0.2) is 10.2 Å². The minimum Gasteiger partial charge on any atom is -0.397 e. The molecule has 1 aliphatic carbocycles. The van der Waals surface area contributed by atoms with Crippen molar-refractivity contribution in [2.75, 3.05) is 7.05 Å². The van der Waals surface area contributed by atoms with Crippen LogP contribution >= 0.6 is 0 Å². The molecular weight excluding hydrogens is 193 g/mol. The Morgan fingerprint density at radius 3 is 2.47 bits per heavy atom. The van der Waals surface area contributed by atoms with Crippen molar-refractivity contribution >= 4 is 0 Å². The Morgan fingerprint density at radius 2 is 2.00 bits per heavy atom. The molecule has 0 saturated carbocycles. The summed E-state index contributed by atoms with van der Waals surface area (Å²) in [6.45, 7) is 7.68. The van der Waals surface area contributed by atoms with Gasteiger partial charge in [-0.15, -0.1) is 13.2 Å². The van der Waals surface area contributed by atoms with E-state index in [4.69, 9.17) is 11.6 Å². The molecule has 0 heterocycles. The number of halogens is 1. The molecule has 0 aliphatic heterocycles. The molecule has 4 N–H and O–H groups in total. The summed E-state index contributed by atoms with van der Waals surface area (Å²) in [5.74, 6) is 5.30. The van der Waals surface area contributed by atoms with Crippen LogP contribution in [0, 0.1) is 0 Å². The smallest absolute Gasteiger partial charge is 0.122 e. The molecule has 0 spiro atoms. The Balaban J connectivity index is 0.000000921. The van der Waals surface area contributed by atoms with Crippen LogP contribution in [0.2, 0.25) is 0 Å². The van der Waals surface area contributed by atoms with E-state index in [-0.39, 0.29) is 5.83 Å². The third kappa shape index (κ3) is 3.59. The average molecular weight is 211 g/mol. The van der Waals surface area contributed by atoms with Gasteiger partial charge in [0.1, 0.15) is 5.83 Å². The molecule has 1 rings (SSSR count). The standard InChI is InChI=1S/C9H14FN3.C2H4/c1-6-5-8(11)9(13(2)12)4-3-7(6)10;1-2/h3,5H,4,11-12H2,1-2H3;1-2H2. The highest BCUT2D eigenvalue weighted by atomic mass is 19.1. The summed E-state index contributed by atoms with van der Waals surface area (Å²) in [5, 5.41) is 1.41. The predicted octanol–water partition coefficient (Wildman–Crippen LogP) is 1.97. The third-order valence-electron chi connectivity index (χ3n) is 1.98. The second-order valence-corrected chi connectivity index (χ2v) is 3.10. The van der Waals surface area contributed by atoms with Crippen molar-refractivity contribution in [1.29, 1.82) is 0 Å². The van der Waals surface area contributed by atoms with Gasteiger partial charge in [0.05, 0.1) is 11.4 Å². The van der Waals surface area contributed by atoms with Gasteiger partial charge in [0.15, 0.2) is 0 Å². The highest BCUT2D eigenvalue weighted by Crippen LogP contribution is 2.21. The fourth-order valence-corrected chi connectivity index (χ4v) is 1.20. The van der Waals surface area contributed by atoms with E-state index in [0.29, 0.717) is 17.7 Å². The Hall–Kier alpha value is -1.55. The molecule has 0 amide bonds. The molecule has 0 unspecified atom stereocenters. The van der Waals surface area contributed by atoms with E-state index in [2.05, 4.69) is 13.2 Å². The van der Waals surface area contributed by atoms with E-state index in [0.717, 1.165) is 5.70 Å². The first kappa shape index (κ1) is 13.4. The molecule has 15 heavy (non-hydrogen) atoms. The van der Waals surface area contributed by atoms with Gasteiger partial charge in [0, 0.05) is 13.5 Å². The van der Waals surface area contributed by atoms with Gasteiger partial charge in [-0.3, -0.25) is 0 Å². The van der Waals surface area contributed by atoms with Crippen LogP contribution < -0.4 is 11.6 Å². The normalized spacial score (nSPS) is 15.7. The van der Waals surface area contributed by atoms with Gasteiger partial charge in [-0.2, -0.15) is 0 Å². The SMILES string of the molecule is C=C.CC1=CC(N)=C(N(C)N)CC=C1F. The lowest BCUT2D eigenvalue weighted by Crippen LogP contribution is -2.27. The van der Waals surface area contributed by atoms with E-state index in [9.17, 15) is 4.39 Å². The molecule has 0 aromatic rings. The lowest BCUT2D eigenvalue weighted by molar-refractivity contribution is 0.427. The van der Waals surface area contributed by atoms with Crippen molar-refractivity contribution in [2.24, 2.45) is 11.6 Å². The first-order valence-corrected chi connectivity index (χ1v) is 4.53. The zero-order valence-electron chi connectivity index (χ0n) is 9.26. The maximum atomic E-state index is 13.1. The molecular formula is C11H18FN3. The van der Waals surface area contributed by atoms with Crippen LogP contribution in [0.3, 0.4) is 0 Å². The van der Waals surface area contributed by atoms with Gasteiger partial charge in [-0.05, 0) is 24.6 Å². The number of allylic oxidation sites excluding steroid dienone is 4. The molecule has 0 atom stereocenters. The molecule has 84 valence electrons. The molecule has 0 aromatic heterocycles. The Bertz CT molecular complexity index is 314. The number of hydrazine groups is 1. The van der Waals surface area contributed by atoms with Crippen molar-refractivity contribution < 1.29 is 4.39 Å². The number of hydrogen-bond donors (Lipinski definition) is 2. The van der Waals surface area contributed by atoms with E-state index < -0.39 is 0 Å². The van der Waals surface area contributed by atoms with Crippen LogP contribution in [-0.2, 0) is 0 Å². The topological polar surface area (TPSA) is 55.3 Å². The third-order valence-corrected chi connectivity index (χ3v) is 1.98. The number of nitrogens with zero attached hydrogens (tertiary/aromatic N) is 1. The summed E-state index contributed by atoms with van der Waals surface area (Å²) in [6.07, 6.45) is 3.50. The predicted molar refractivity (Wildman–Crippen MR) is 62.0 cm³/mol. The lowest BCUT2D eigenvalue weighted by atomic mass is 10.2. The molecule has 0 fully saturated rings. The molecule has 0 aromatic carbocycles. The average Bonchev–Trinajstić information content (AvgIpc) is 2.31. The van der Waals surface area contributed by atoms with Gasteiger partial charge in [0.2, 0.25) is 0 Å². The monoisotopic (exact) mass is 211 g/mol. The van der Waals surface area contributed by atoms with Crippen LogP contribution in [0.15, 0.2) is 48.1 Å². The second-order valence-electron chi connectivity index (χ2n) is 3.10. The number of hydrogen-bond acceptors (Lipinski definition) is 3. The fraction of sp³-hybridized carbons (Fsp3) is 0.273. The highest BCUT2D eigenvalue weighted by Gasteiger charge is 2.10.